The second-order valence-corrected chi connectivity index (χ2v) is 7.10. The zero-order valence-electron chi connectivity index (χ0n) is 17.3. The highest BCUT2D eigenvalue weighted by Crippen LogP contribution is 2.25. The van der Waals surface area contributed by atoms with Gasteiger partial charge in [-0.05, 0) is 36.8 Å². The van der Waals surface area contributed by atoms with E-state index in [0.717, 1.165) is 22.6 Å². The molecule has 0 radical (unpaired) electrons. The lowest BCUT2D eigenvalue weighted by atomic mass is 10.1. The van der Waals surface area contributed by atoms with Gasteiger partial charge >= 0.3 is 6.01 Å². The van der Waals surface area contributed by atoms with Crippen LogP contribution in [-0.2, 0) is 0 Å². The third-order valence-electron chi connectivity index (χ3n) is 5.24. The minimum Gasteiger partial charge on any atom is -0.497 e. The van der Waals surface area contributed by atoms with E-state index >= 15 is 0 Å². The SMILES string of the molecule is COc1cccc(-c2noc(N3CCN(C(=O)c4ccc(C)c(OC)c4)CC3)n2)c1. The molecule has 8 heteroatoms. The second kappa shape index (κ2) is 8.44. The molecule has 1 aliphatic heterocycles. The van der Waals surface area contributed by atoms with Crippen LogP contribution in [-0.4, -0.2) is 61.3 Å². The molecule has 1 saturated heterocycles. The summed E-state index contributed by atoms with van der Waals surface area (Å²) in [4.78, 5) is 21.2. The molecule has 0 unspecified atom stereocenters. The predicted octanol–water partition coefficient (Wildman–Crippen LogP) is 3.02. The lowest BCUT2D eigenvalue weighted by molar-refractivity contribution is 0.0744. The van der Waals surface area contributed by atoms with Gasteiger partial charge in [-0.3, -0.25) is 4.79 Å². The maximum atomic E-state index is 12.9. The van der Waals surface area contributed by atoms with E-state index in [1.807, 2.05) is 53.1 Å². The van der Waals surface area contributed by atoms with Gasteiger partial charge in [0, 0.05) is 37.3 Å². The number of methoxy groups -OCH3 is 2. The molecule has 1 aromatic heterocycles. The van der Waals surface area contributed by atoms with Crippen molar-refractivity contribution in [1.82, 2.24) is 15.0 Å². The van der Waals surface area contributed by atoms with Crippen LogP contribution in [0, 0.1) is 6.92 Å². The number of benzene rings is 2. The van der Waals surface area contributed by atoms with E-state index in [4.69, 9.17) is 14.0 Å². The molecule has 3 aromatic rings. The summed E-state index contributed by atoms with van der Waals surface area (Å²) < 4.78 is 16.0. The van der Waals surface area contributed by atoms with E-state index in [0.29, 0.717) is 43.6 Å². The Kier molecular flexibility index (Phi) is 5.56. The zero-order valence-corrected chi connectivity index (χ0v) is 17.3. The zero-order chi connectivity index (χ0) is 21.1. The van der Waals surface area contributed by atoms with Crippen LogP contribution in [0.3, 0.4) is 0 Å². The normalized spacial score (nSPS) is 14.0. The largest absolute Gasteiger partial charge is 0.497 e. The monoisotopic (exact) mass is 408 g/mol. The van der Waals surface area contributed by atoms with Gasteiger partial charge in [0.15, 0.2) is 0 Å². The standard InChI is InChI=1S/C22H24N4O4/c1-15-7-8-17(14-19(15)29-3)21(27)25-9-11-26(12-10-25)22-23-20(24-30-22)16-5-4-6-18(13-16)28-2/h4-8,13-14H,9-12H2,1-3H3. The van der Waals surface area contributed by atoms with E-state index < -0.39 is 0 Å². The number of amides is 1. The molecule has 2 aromatic carbocycles. The predicted molar refractivity (Wildman–Crippen MR) is 112 cm³/mol. The minimum atomic E-state index is -0.00412. The van der Waals surface area contributed by atoms with Gasteiger partial charge in [0.1, 0.15) is 11.5 Å². The average Bonchev–Trinajstić information content (AvgIpc) is 3.29. The smallest absolute Gasteiger partial charge is 0.324 e. The molecular weight excluding hydrogens is 384 g/mol. The van der Waals surface area contributed by atoms with E-state index in [-0.39, 0.29) is 5.91 Å². The Morgan fingerprint density at radius 3 is 2.57 bits per heavy atom. The number of aromatic nitrogens is 2. The number of rotatable bonds is 5. The first-order valence-electron chi connectivity index (χ1n) is 9.76. The number of carbonyl (C=O) groups is 1. The van der Waals surface area contributed by atoms with Crippen molar-refractivity contribution in [3.8, 4) is 22.9 Å². The molecule has 0 saturated carbocycles. The number of carbonyl (C=O) groups excluding carboxylic acids is 1. The number of aryl methyl sites for hydroxylation is 1. The molecule has 1 fully saturated rings. The Balaban J connectivity index is 1.41. The van der Waals surface area contributed by atoms with E-state index in [1.165, 1.54) is 0 Å². The van der Waals surface area contributed by atoms with E-state index in [1.54, 1.807) is 20.3 Å². The summed E-state index contributed by atoms with van der Waals surface area (Å²) in [7, 11) is 3.23. The summed E-state index contributed by atoms with van der Waals surface area (Å²) in [6, 6.07) is 13.5. The van der Waals surface area contributed by atoms with Crippen molar-refractivity contribution in [2.24, 2.45) is 0 Å². The van der Waals surface area contributed by atoms with Gasteiger partial charge in [-0.2, -0.15) is 4.98 Å². The van der Waals surface area contributed by atoms with Crippen LogP contribution >= 0.6 is 0 Å². The van der Waals surface area contributed by atoms with Gasteiger partial charge in [-0.1, -0.05) is 23.4 Å². The number of ether oxygens (including phenoxy) is 2. The summed E-state index contributed by atoms with van der Waals surface area (Å²) in [5.74, 6) is 1.96. The lowest BCUT2D eigenvalue weighted by Crippen LogP contribution is -2.48. The highest BCUT2D eigenvalue weighted by atomic mass is 16.5. The van der Waals surface area contributed by atoms with Gasteiger partial charge in [0.2, 0.25) is 5.82 Å². The van der Waals surface area contributed by atoms with Gasteiger partial charge < -0.3 is 23.8 Å². The number of anilines is 1. The molecule has 1 aliphatic rings. The number of piperazine rings is 1. The molecule has 0 atom stereocenters. The van der Waals surface area contributed by atoms with Crippen LogP contribution in [0.25, 0.3) is 11.4 Å². The summed E-state index contributed by atoms with van der Waals surface area (Å²) >= 11 is 0. The summed E-state index contributed by atoms with van der Waals surface area (Å²) in [6.45, 7) is 4.34. The van der Waals surface area contributed by atoms with Crippen molar-refractivity contribution < 1.29 is 18.8 Å². The van der Waals surface area contributed by atoms with Gasteiger partial charge in [-0.15, -0.1) is 0 Å². The average molecular weight is 408 g/mol. The number of hydrogen-bond acceptors (Lipinski definition) is 7. The van der Waals surface area contributed by atoms with Gasteiger partial charge in [0.05, 0.1) is 14.2 Å². The molecule has 0 aliphatic carbocycles. The van der Waals surface area contributed by atoms with Crippen molar-refractivity contribution >= 4 is 11.9 Å². The molecule has 156 valence electrons. The molecule has 8 nitrogen and oxygen atoms in total. The molecular formula is C22H24N4O4. The first-order chi connectivity index (χ1) is 14.6. The highest BCUT2D eigenvalue weighted by molar-refractivity contribution is 5.95. The van der Waals surface area contributed by atoms with Crippen LogP contribution in [0.2, 0.25) is 0 Å². The van der Waals surface area contributed by atoms with Crippen molar-refractivity contribution in [2.75, 3.05) is 45.3 Å². The van der Waals surface area contributed by atoms with Crippen LogP contribution in [0.15, 0.2) is 47.0 Å². The Bertz CT molecular complexity index is 1040. The molecule has 0 N–H and O–H groups in total. The summed E-state index contributed by atoms with van der Waals surface area (Å²) in [5.41, 5.74) is 2.46. The minimum absolute atomic E-state index is 0.00412. The molecule has 30 heavy (non-hydrogen) atoms. The number of hydrogen-bond donors (Lipinski definition) is 0. The summed E-state index contributed by atoms with van der Waals surface area (Å²) in [6.07, 6.45) is 0. The Morgan fingerprint density at radius 1 is 1.03 bits per heavy atom. The Labute approximate surface area is 175 Å². The molecule has 0 bridgehead atoms. The molecule has 0 spiro atoms. The Hall–Kier alpha value is -3.55. The Morgan fingerprint density at radius 2 is 1.83 bits per heavy atom. The first kappa shape index (κ1) is 19.8. The fourth-order valence-corrected chi connectivity index (χ4v) is 3.46. The van der Waals surface area contributed by atoms with E-state index in [2.05, 4.69) is 10.1 Å². The van der Waals surface area contributed by atoms with Crippen LogP contribution < -0.4 is 14.4 Å². The van der Waals surface area contributed by atoms with Crippen molar-refractivity contribution in [3.63, 3.8) is 0 Å². The summed E-state index contributed by atoms with van der Waals surface area (Å²) in [5, 5.41) is 4.09. The lowest BCUT2D eigenvalue weighted by Gasteiger charge is -2.33. The fraction of sp³-hybridized carbons (Fsp3) is 0.318. The molecule has 2 heterocycles. The van der Waals surface area contributed by atoms with Crippen LogP contribution in [0.4, 0.5) is 6.01 Å². The topological polar surface area (TPSA) is 80.9 Å². The highest BCUT2D eigenvalue weighted by Gasteiger charge is 2.25. The number of nitrogens with zero attached hydrogens (tertiary/aromatic N) is 4. The van der Waals surface area contributed by atoms with Crippen molar-refractivity contribution in [2.45, 2.75) is 6.92 Å². The third kappa shape index (κ3) is 3.94. The van der Waals surface area contributed by atoms with Gasteiger partial charge in [-0.25, -0.2) is 0 Å². The van der Waals surface area contributed by atoms with Crippen molar-refractivity contribution in [3.05, 3.63) is 53.6 Å². The van der Waals surface area contributed by atoms with Crippen LogP contribution in [0.5, 0.6) is 11.5 Å². The quantitative estimate of drug-likeness (QED) is 0.642. The second-order valence-electron chi connectivity index (χ2n) is 7.10. The third-order valence-corrected chi connectivity index (χ3v) is 5.24. The molecule has 4 rings (SSSR count). The van der Waals surface area contributed by atoms with Crippen molar-refractivity contribution in [1.29, 1.82) is 0 Å². The molecule has 1 amide bonds. The maximum absolute atomic E-state index is 12.9. The van der Waals surface area contributed by atoms with E-state index in [9.17, 15) is 4.79 Å². The fourth-order valence-electron chi connectivity index (χ4n) is 3.46. The maximum Gasteiger partial charge on any atom is 0.324 e. The van der Waals surface area contributed by atoms with Crippen LogP contribution in [0.1, 0.15) is 15.9 Å². The first-order valence-corrected chi connectivity index (χ1v) is 9.76. The van der Waals surface area contributed by atoms with Gasteiger partial charge in [0.25, 0.3) is 5.91 Å².